The summed E-state index contributed by atoms with van der Waals surface area (Å²) in [6.07, 6.45) is 18.0. The van der Waals surface area contributed by atoms with Gasteiger partial charge in [0.05, 0.1) is 0 Å². The lowest BCUT2D eigenvalue weighted by molar-refractivity contribution is 0.304. The molecule has 148 valence electrons. The molecule has 1 aliphatic carbocycles. The van der Waals surface area contributed by atoms with Crippen molar-refractivity contribution in [3.8, 4) is 0 Å². The van der Waals surface area contributed by atoms with Crippen LogP contribution in [0.5, 0.6) is 0 Å². The van der Waals surface area contributed by atoms with Crippen LogP contribution in [0.1, 0.15) is 108 Å². The molecule has 27 heavy (non-hydrogen) atoms. The molecule has 0 nitrogen and oxygen atoms in total. The van der Waals surface area contributed by atoms with Crippen LogP contribution < -0.4 is 0 Å². The number of rotatable bonds is 10. The Labute approximate surface area is 167 Å². The molecule has 2 aromatic carbocycles. The number of unbranched alkanes of at least 4 members (excludes halogenated alkanes) is 5. The molecule has 3 rings (SSSR count). The molecule has 0 bridgehead atoms. The second-order valence-electron chi connectivity index (χ2n) is 8.97. The molecule has 0 atom stereocenters. The van der Waals surface area contributed by atoms with Crippen molar-refractivity contribution < 1.29 is 0 Å². The van der Waals surface area contributed by atoms with Gasteiger partial charge in [0.1, 0.15) is 0 Å². The van der Waals surface area contributed by atoms with E-state index in [1.807, 2.05) is 0 Å². The second-order valence-corrected chi connectivity index (χ2v) is 8.97. The predicted octanol–water partition coefficient (Wildman–Crippen LogP) is 8.82. The van der Waals surface area contributed by atoms with E-state index < -0.39 is 0 Å². The van der Waals surface area contributed by atoms with E-state index >= 15 is 0 Å². The van der Waals surface area contributed by atoms with Crippen molar-refractivity contribution in [3.05, 3.63) is 47.5 Å². The highest BCUT2D eigenvalue weighted by molar-refractivity contribution is 5.84. The van der Waals surface area contributed by atoms with Crippen LogP contribution in [0.4, 0.5) is 0 Å². The van der Waals surface area contributed by atoms with Crippen LogP contribution in [-0.4, -0.2) is 0 Å². The van der Waals surface area contributed by atoms with E-state index in [4.69, 9.17) is 0 Å². The number of hydrogen-bond donors (Lipinski definition) is 0. The van der Waals surface area contributed by atoms with Gasteiger partial charge in [0.25, 0.3) is 0 Å². The third kappa shape index (κ3) is 6.09. The maximum Gasteiger partial charge on any atom is -0.0162 e. The van der Waals surface area contributed by atoms with Crippen LogP contribution in [0.2, 0.25) is 0 Å². The molecule has 0 saturated heterocycles. The monoisotopic (exact) mass is 364 g/mol. The predicted molar refractivity (Wildman–Crippen MR) is 121 cm³/mol. The van der Waals surface area contributed by atoms with Crippen molar-refractivity contribution in [2.75, 3.05) is 0 Å². The largest absolute Gasteiger partial charge is 0.0654 e. The molecule has 0 radical (unpaired) electrons. The van der Waals surface area contributed by atoms with Crippen LogP contribution in [0.25, 0.3) is 10.8 Å². The molecule has 0 heterocycles. The average Bonchev–Trinajstić information content (AvgIpc) is 2.72. The van der Waals surface area contributed by atoms with Crippen molar-refractivity contribution in [2.45, 2.75) is 103 Å². The Morgan fingerprint density at radius 3 is 2.19 bits per heavy atom. The zero-order valence-electron chi connectivity index (χ0n) is 17.8. The van der Waals surface area contributed by atoms with Crippen LogP contribution in [0, 0.1) is 5.92 Å². The minimum Gasteiger partial charge on any atom is -0.0654 e. The van der Waals surface area contributed by atoms with Gasteiger partial charge in [0.15, 0.2) is 0 Å². The van der Waals surface area contributed by atoms with Gasteiger partial charge < -0.3 is 0 Å². The first-order valence-electron chi connectivity index (χ1n) is 11.8. The van der Waals surface area contributed by atoms with E-state index in [2.05, 4.69) is 50.2 Å². The molecular weight excluding hydrogens is 324 g/mol. The zero-order valence-corrected chi connectivity index (χ0v) is 17.8. The molecule has 0 amide bonds. The molecule has 1 saturated carbocycles. The molecule has 0 spiro atoms. The number of hydrogen-bond acceptors (Lipinski definition) is 0. The van der Waals surface area contributed by atoms with E-state index in [9.17, 15) is 0 Å². The van der Waals surface area contributed by atoms with Gasteiger partial charge in [-0.15, -0.1) is 0 Å². The first-order valence-corrected chi connectivity index (χ1v) is 11.8. The maximum absolute atomic E-state index is 2.48. The molecule has 0 aromatic heterocycles. The van der Waals surface area contributed by atoms with E-state index in [-0.39, 0.29) is 0 Å². The highest BCUT2D eigenvalue weighted by Gasteiger charge is 2.22. The third-order valence-electron chi connectivity index (χ3n) is 6.78. The Bertz CT molecular complexity index is 675. The molecule has 0 N–H and O–H groups in total. The highest BCUT2D eigenvalue weighted by atomic mass is 14.3. The molecule has 0 unspecified atom stereocenters. The summed E-state index contributed by atoms with van der Waals surface area (Å²) in [5, 5.41) is 2.87. The van der Waals surface area contributed by atoms with Gasteiger partial charge in [-0.1, -0.05) is 95.2 Å². The molecule has 0 heteroatoms. The summed E-state index contributed by atoms with van der Waals surface area (Å²) in [4.78, 5) is 0. The van der Waals surface area contributed by atoms with Crippen molar-refractivity contribution in [3.63, 3.8) is 0 Å². The quantitative estimate of drug-likeness (QED) is 0.369. The van der Waals surface area contributed by atoms with Crippen LogP contribution in [-0.2, 0) is 6.42 Å². The van der Waals surface area contributed by atoms with Crippen molar-refractivity contribution in [1.82, 2.24) is 0 Å². The summed E-state index contributed by atoms with van der Waals surface area (Å²) in [7, 11) is 0. The summed E-state index contributed by atoms with van der Waals surface area (Å²) in [6, 6.07) is 14.5. The first-order chi connectivity index (χ1) is 13.3. The fourth-order valence-electron chi connectivity index (χ4n) is 4.93. The lowest BCUT2D eigenvalue weighted by Crippen LogP contribution is -2.13. The molecule has 0 aliphatic heterocycles. The Morgan fingerprint density at radius 2 is 1.41 bits per heavy atom. The minimum absolute atomic E-state index is 0.797. The molecule has 1 fully saturated rings. The highest BCUT2D eigenvalue weighted by Crippen LogP contribution is 2.38. The summed E-state index contributed by atoms with van der Waals surface area (Å²) < 4.78 is 0. The summed E-state index contributed by atoms with van der Waals surface area (Å²) in [5.74, 6) is 1.80. The Hall–Kier alpha value is -1.30. The molecule has 2 aromatic rings. The van der Waals surface area contributed by atoms with Gasteiger partial charge in [-0.25, -0.2) is 0 Å². The van der Waals surface area contributed by atoms with E-state index in [1.165, 1.54) is 99.8 Å². The SMILES string of the molecule is CCCCCCCc1ccc2cc([C@H]3CC[C@H](CCCC)CC3)ccc2c1. The first kappa shape index (κ1) is 20.4. The number of aryl methyl sites for hydroxylation is 1. The van der Waals surface area contributed by atoms with Crippen LogP contribution >= 0.6 is 0 Å². The number of benzene rings is 2. The zero-order chi connectivity index (χ0) is 18.9. The van der Waals surface area contributed by atoms with E-state index in [0.29, 0.717) is 0 Å². The standard InChI is InChI=1S/C27H40/c1-3-5-7-8-9-11-23-14-17-27-21-26(19-18-25(27)20-23)24-15-12-22(13-16-24)10-6-4-2/h14,17-22,24H,3-13,15-16H2,1-2H3/t22-,24-. The second kappa shape index (κ2) is 10.9. The third-order valence-corrected chi connectivity index (χ3v) is 6.78. The van der Waals surface area contributed by atoms with E-state index in [0.717, 1.165) is 11.8 Å². The topological polar surface area (TPSA) is 0 Å². The molecule has 1 aliphatic rings. The summed E-state index contributed by atoms with van der Waals surface area (Å²) in [6.45, 7) is 4.61. The Kier molecular flexibility index (Phi) is 8.24. The lowest BCUT2D eigenvalue weighted by Gasteiger charge is -2.29. The summed E-state index contributed by atoms with van der Waals surface area (Å²) in [5.41, 5.74) is 3.10. The van der Waals surface area contributed by atoms with Crippen molar-refractivity contribution >= 4 is 10.8 Å². The average molecular weight is 365 g/mol. The van der Waals surface area contributed by atoms with Crippen LogP contribution in [0.3, 0.4) is 0 Å². The normalized spacial score (nSPS) is 20.2. The Balaban J connectivity index is 1.55. The van der Waals surface area contributed by atoms with Crippen molar-refractivity contribution in [1.29, 1.82) is 0 Å². The van der Waals surface area contributed by atoms with Gasteiger partial charge in [-0.3, -0.25) is 0 Å². The maximum atomic E-state index is 2.48. The lowest BCUT2D eigenvalue weighted by atomic mass is 9.77. The minimum atomic E-state index is 0.797. The fraction of sp³-hybridized carbons (Fsp3) is 0.630. The summed E-state index contributed by atoms with van der Waals surface area (Å²) >= 11 is 0. The smallest absolute Gasteiger partial charge is 0.0162 e. The van der Waals surface area contributed by atoms with Gasteiger partial charge in [0, 0.05) is 0 Å². The van der Waals surface area contributed by atoms with Gasteiger partial charge in [0.2, 0.25) is 0 Å². The number of fused-ring (bicyclic) bond motifs is 1. The fourth-order valence-corrected chi connectivity index (χ4v) is 4.93. The van der Waals surface area contributed by atoms with Crippen molar-refractivity contribution in [2.24, 2.45) is 5.92 Å². The van der Waals surface area contributed by atoms with Gasteiger partial charge in [-0.2, -0.15) is 0 Å². The van der Waals surface area contributed by atoms with Crippen LogP contribution in [0.15, 0.2) is 36.4 Å². The molecular formula is C27H40. The Morgan fingerprint density at radius 1 is 0.704 bits per heavy atom. The van der Waals surface area contributed by atoms with Gasteiger partial charge >= 0.3 is 0 Å². The van der Waals surface area contributed by atoms with E-state index in [1.54, 1.807) is 5.56 Å². The van der Waals surface area contributed by atoms with Gasteiger partial charge in [-0.05, 0) is 72.3 Å².